The van der Waals surface area contributed by atoms with E-state index in [0.717, 1.165) is 27.9 Å². The molecule has 10 nitrogen and oxygen atoms in total. The minimum atomic E-state index is -5.08. The van der Waals surface area contributed by atoms with Crippen molar-refractivity contribution in [2.24, 2.45) is 11.5 Å². The maximum atomic E-state index is 13.5. The summed E-state index contributed by atoms with van der Waals surface area (Å²) in [4.78, 5) is 43.2. The van der Waals surface area contributed by atoms with Crippen LogP contribution < -0.4 is 11.5 Å². The fourth-order valence-corrected chi connectivity index (χ4v) is 4.30. The summed E-state index contributed by atoms with van der Waals surface area (Å²) in [5.74, 6) is -3.05. The number of carbonyl (C=O) groups excluding carboxylic acids is 2. The van der Waals surface area contributed by atoms with Gasteiger partial charge in [-0.15, -0.1) is 0 Å². The van der Waals surface area contributed by atoms with Gasteiger partial charge in [-0.25, -0.2) is 9.78 Å². The highest BCUT2D eigenvalue weighted by molar-refractivity contribution is 5.93. The van der Waals surface area contributed by atoms with Crippen LogP contribution in [0.25, 0.3) is 11.3 Å². The molecule has 0 spiro atoms. The van der Waals surface area contributed by atoms with E-state index in [1.807, 2.05) is 58.0 Å². The summed E-state index contributed by atoms with van der Waals surface area (Å²) in [5, 5.41) is 17.4. The maximum Gasteiger partial charge on any atom is 0.490 e. The third-order valence-electron chi connectivity index (χ3n) is 6.28. The molecular weight excluding hydrogens is 555 g/mol. The van der Waals surface area contributed by atoms with E-state index < -0.39 is 30.1 Å². The van der Waals surface area contributed by atoms with Gasteiger partial charge in [-0.05, 0) is 68.5 Å². The number of nitrogens with zero attached hydrogens (tertiary/aromatic N) is 2. The molecule has 0 radical (unpaired) electrons. The largest absolute Gasteiger partial charge is 0.490 e. The molecule has 0 unspecified atom stereocenters. The van der Waals surface area contributed by atoms with Gasteiger partial charge in [0.25, 0.3) is 0 Å². The molecule has 7 N–H and O–H groups in total. The van der Waals surface area contributed by atoms with Gasteiger partial charge in [0.1, 0.15) is 11.9 Å². The van der Waals surface area contributed by atoms with Crippen LogP contribution in [-0.4, -0.2) is 67.7 Å². The zero-order chi connectivity index (χ0) is 31.1. The van der Waals surface area contributed by atoms with Gasteiger partial charge in [-0.1, -0.05) is 37.8 Å². The molecule has 2 aromatic carbocycles. The van der Waals surface area contributed by atoms with E-state index in [4.69, 9.17) is 21.4 Å². The number of aliphatic hydroxyl groups is 1. The summed E-state index contributed by atoms with van der Waals surface area (Å²) in [7, 11) is 0. The second-order valence-corrected chi connectivity index (χ2v) is 9.65. The smallest absolute Gasteiger partial charge is 0.475 e. The predicted molar refractivity (Wildman–Crippen MR) is 152 cm³/mol. The number of nitrogens with two attached hydrogens (primary N) is 2. The molecule has 3 aromatic rings. The van der Waals surface area contributed by atoms with Crippen molar-refractivity contribution in [3.05, 3.63) is 76.7 Å². The molecule has 2 amide bonds. The molecule has 3 rings (SSSR count). The fraction of sp³-hybridized carbons (Fsp3) is 0.379. The van der Waals surface area contributed by atoms with Gasteiger partial charge in [0.2, 0.25) is 11.8 Å². The maximum absolute atomic E-state index is 13.5. The van der Waals surface area contributed by atoms with Crippen molar-refractivity contribution in [1.29, 1.82) is 0 Å². The number of halogens is 3. The number of H-pyrrole nitrogens is 1. The summed E-state index contributed by atoms with van der Waals surface area (Å²) < 4.78 is 31.7. The van der Waals surface area contributed by atoms with Crippen LogP contribution in [0.3, 0.4) is 0 Å². The zero-order valence-electron chi connectivity index (χ0n) is 23.1. The van der Waals surface area contributed by atoms with Crippen LogP contribution in [0.5, 0.6) is 0 Å². The lowest BCUT2D eigenvalue weighted by molar-refractivity contribution is -0.192. The third kappa shape index (κ3) is 9.14. The van der Waals surface area contributed by atoms with Crippen molar-refractivity contribution >= 4 is 17.8 Å². The quantitative estimate of drug-likeness (QED) is 0.250. The van der Waals surface area contributed by atoms with Gasteiger partial charge in [0, 0.05) is 11.6 Å². The lowest BCUT2D eigenvalue weighted by Gasteiger charge is -2.35. The summed E-state index contributed by atoms with van der Waals surface area (Å²) >= 11 is 0. The summed E-state index contributed by atoms with van der Waals surface area (Å²) in [6.45, 7) is 7.20. The molecule has 1 aromatic heterocycles. The Bertz CT molecular complexity index is 1340. The zero-order valence-corrected chi connectivity index (χ0v) is 23.1. The van der Waals surface area contributed by atoms with Gasteiger partial charge in [0.15, 0.2) is 0 Å². The van der Waals surface area contributed by atoms with E-state index in [1.54, 1.807) is 23.2 Å². The standard InChI is InChI=1S/C26H33N5O3.C2HF3O2.CH4/c1-15(2)31(23(14-32)25-29-13-22(30-25)18-8-6-5-7-9-18)26(34)21(27)12-20-16(3)10-19(24(28)33)11-17(20)4;3-2(4,5)1(6)7;/h5-11,13,15,21,23,32H,12,14,27H2,1-4H3,(H2,28,33)(H,29,30);(H,6,7);1H4/t21-,23-;;/m0../s1. The Balaban J connectivity index is 0.000000981. The molecule has 1 heterocycles. The number of carbonyl (C=O) groups is 3. The monoisotopic (exact) mass is 593 g/mol. The molecule has 13 heteroatoms. The van der Waals surface area contributed by atoms with Crippen molar-refractivity contribution in [2.45, 2.75) is 65.8 Å². The lowest BCUT2D eigenvalue weighted by Crippen LogP contribution is -2.50. The number of carboxylic acids is 1. The van der Waals surface area contributed by atoms with E-state index in [-0.39, 0.29) is 26.0 Å². The molecule has 2 atom stereocenters. The highest BCUT2D eigenvalue weighted by atomic mass is 19.4. The average Bonchev–Trinajstić information content (AvgIpc) is 3.38. The van der Waals surface area contributed by atoms with Crippen molar-refractivity contribution < 1.29 is 37.8 Å². The molecule has 230 valence electrons. The Morgan fingerprint density at radius 1 is 1.07 bits per heavy atom. The molecule has 0 aliphatic carbocycles. The lowest BCUT2D eigenvalue weighted by atomic mass is 9.93. The number of hydrogen-bond donors (Lipinski definition) is 5. The number of imidazole rings is 1. The first-order valence-electron chi connectivity index (χ1n) is 12.6. The number of hydrogen-bond acceptors (Lipinski definition) is 6. The Kier molecular flexibility index (Phi) is 12.9. The van der Waals surface area contributed by atoms with Crippen molar-refractivity contribution in [3.63, 3.8) is 0 Å². The Labute approximate surface area is 242 Å². The number of alkyl halides is 3. The molecule has 0 bridgehead atoms. The molecule has 0 aliphatic rings. The van der Waals surface area contributed by atoms with E-state index in [1.165, 1.54) is 0 Å². The van der Waals surface area contributed by atoms with E-state index in [2.05, 4.69) is 9.97 Å². The van der Waals surface area contributed by atoms with Crippen LogP contribution in [0.1, 0.15) is 60.2 Å². The number of aryl methyl sites for hydroxylation is 2. The number of aromatic amines is 1. The van der Waals surface area contributed by atoms with Gasteiger partial charge in [0.05, 0.1) is 24.5 Å². The fourth-order valence-electron chi connectivity index (χ4n) is 4.30. The minimum Gasteiger partial charge on any atom is -0.475 e. The first-order chi connectivity index (χ1) is 19.1. The normalized spacial score (nSPS) is 12.4. The SMILES string of the molecule is C.Cc1cc(C(N)=O)cc(C)c1C[C@H](N)C(=O)N(C(C)C)[C@@H](CO)c1ncc(-c2ccccc2)[nH]1.O=C(O)C(F)(F)F. The molecule has 0 saturated carbocycles. The van der Waals surface area contributed by atoms with Crippen LogP contribution in [-0.2, 0) is 16.0 Å². The minimum absolute atomic E-state index is 0. The Morgan fingerprint density at radius 2 is 1.60 bits per heavy atom. The average molecular weight is 594 g/mol. The number of amides is 2. The van der Waals surface area contributed by atoms with Gasteiger partial charge in [-0.2, -0.15) is 13.2 Å². The number of primary amides is 1. The first-order valence-corrected chi connectivity index (χ1v) is 12.6. The molecular formula is C29H38F3N5O5. The molecule has 42 heavy (non-hydrogen) atoms. The third-order valence-corrected chi connectivity index (χ3v) is 6.28. The number of carboxylic acid groups (broad SMARTS) is 1. The van der Waals surface area contributed by atoms with Crippen LogP contribution in [0.2, 0.25) is 0 Å². The van der Waals surface area contributed by atoms with Gasteiger partial charge >= 0.3 is 12.1 Å². The number of benzene rings is 2. The number of rotatable bonds is 9. The second-order valence-electron chi connectivity index (χ2n) is 9.65. The van der Waals surface area contributed by atoms with Crippen molar-refractivity contribution in [3.8, 4) is 11.3 Å². The van der Waals surface area contributed by atoms with Crippen LogP contribution in [0.4, 0.5) is 13.2 Å². The van der Waals surface area contributed by atoms with E-state index in [0.29, 0.717) is 17.8 Å². The highest BCUT2D eigenvalue weighted by Crippen LogP contribution is 2.26. The summed E-state index contributed by atoms with van der Waals surface area (Å²) in [6, 6.07) is 11.4. The second kappa shape index (κ2) is 15.1. The van der Waals surface area contributed by atoms with E-state index in [9.17, 15) is 27.9 Å². The number of aliphatic hydroxyl groups excluding tert-OH is 1. The Morgan fingerprint density at radius 3 is 2.02 bits per heavy atom. The summed E-state index contributed by atoms with van der Waals surface area (Å²) in [5.41, 5.74) is 16.6. The predicted octanol–water partition coefficient (Wildman–Crippen LogP) is 3.90. The van der Waals surface area contributed by atoms with Gasteiger partial charge in [-0.3, -0.25) is 9.59 Å². The number of aromatic nitrogens is 2. The van der Waals surface area contributed by atoms with Gasteiger partial charge < -0.3 is 31.6 Å². The van der Waals surface area contributed by atoms with Crippen molar-refractivity contribution in [1.82, 2.24) is 14.9 Å². The number of aliphatic carboxylic acids is 1. The van der Waals surface area contributed by atoms with Crippen molar-refractivity contribution in [2.75, 3.05) is 6.61 Å². The topological polar surface area (TPSA) is 176 Å². The first kappa shape index (κ1) is 35.8. The Hall–Kier alpha value is -4.23. The molecule has 0 fully saturated rings. The number of nitrogens with one attached hydrogen (secondary N) is 1. The highest BCUT2D eigenvalue weighted by Gasteiger charge is 2.38. The van der Waals surface area contributed by atoms with Crippen LogP contribution in [0, 0.1) is 13.8 Å². The van der Waals surface area contributed by atoms with Crippen LogP contribution >= 0.6 is 0 Å². The van der Waals surface area contributed by atoms with E-state index >= 15 is 0 Å². The molecule has 0 saturated heterocycles. The van der Waals surface area contributed by atoms with Crippen LogP contribution in [0.15, 0.2) is 48.7 Å². The molecule has 0 aliphatic heterocycles. The summed E-state index contributed by atoms with van der Waals surface area (Å²) in [6.07, 6.45) is -3.09.